The highest BCUT2D eigenvalue weighted by Gasteiger charge is 2.15. The molecule has 2 rings (SSSR count). The highest BCUT2D eigenvalue weighted by molar-refractivity contribution is 5.90. The van der Waals surface area contributed by atoms with Crippen LogP contribution >= 0.6 is 12.4 Å². The second kappa shape index (κ2) is 13.2. The third-order valence-corrected chi connectivity index (χ3v) is 4.33. The van der Waals surface area contributed by atoms with Crippen molar-refractivity contribution in [2.75, 3.05) is 25.0 Å². The number of benzene rings is 1. The van der Waals surface area contributed by atoms with Gasteiger partial charge in [-0.2, -0.15) is 0 Å². The summed E-state index contributed by atoms with van der Waals surface area (Å²) in [4.78, 5) is 23.8. The minimum atomic E-state index is -0.134. The van der Waals surface area contributed by atoms with Gasteiger partial charge in [-0.25, -0.2) is 4.79 Å². The second-order valence-corrected chi connectivity index (χ2v) is 6.55. The fraction of sp³-hybridized carbons (Fsp3) is 0.579. The topological polar surface area (TPSA) is 105 Å². The van der Waals surface area contributed by atoms with Crippen molar-refractivity contribution >= 4 is 30.0 Å². The molecule has 1 saturated carbocycles. The van der Waals surface area contributed by atoms with E-state index in [-0.39, 0.29) is 24.3 Å². The summed E-state index contributed by atoms with van der Waals surface area (Å²) in [5, 5.41) is 8.65. The maximum absolute atomic E-state index is 11.9. The Kier molecular flexibility index (Phi) is 11.3. The molecule has 0 bridgehead atoms. The molecular formula is C19H31ClN4O3. The number of hydrogen-bond donors (Lipinski definition) is 4. The van der Waals surface area contributed by atoms with Crippen molar-refractivity contribution in [2.24, 2.45) is 5.73 Å². The van der Waals surface area contributed by atoms with Crippen molar-refractivity contribution in [1.29, 1.82) is 0 Å². The van der Waals surface area contributed by atoms with Gasteiger partial charge in [0, 0.05) is 31.2 Å². The summed E-state index contributed by atoms with van der Waals surface area (Å²) in [6.45, 7) is 1.41. The molecule has 1 aromatic carbocycles. The van der Waals surface area contributed by atoms with Crippen LogP contribution in [0.25, 0.3) is 0 Å². The van der Waals surface area contributed by atoms with Gasteiger partial charge in [0.05, 0.1) is 0 Å². The molecule has 1 aliphatic rings. The van der Waals surface area contributed by atoms with E-state index >= 15 is 0 Å². The van der Waals surface area contributed by atoms with Crippen molar-refractivity contribution in [2.45, 2.75) is 51.0 Å². The molecular weight excluding hydrogens is 368 g/mol. The predicted octanol–water partition coefficient (Wildman–Crippen LogP) is 2.80. The van der Waals surface area contributed by atoms with Gasteiger partial charge in [-0.1, -0.05) is 19.3 Å². The first-order valence-electron chi connectivity index (χ1n) is 9.44. The lowest BCUT2D eigenvalue weighted by Gasteiger charge is -2.22. The fourth-order valence-electron chi connectivity index (χ4n) is 2.97. The lowest BCUT2D eigenvalue weighted by molar-refractivity contribution is -0.116. The highest BCUT2D eigenvalue weighted by Crippen LogP contribution is 2.17. The Labute approximate surface area is 167 Å². The lowest BCUT2D eigenvalue weighted by atomic mass is 9.96. The summed E-state index contributed by atoms with van der Waals surface area (Å²) in [7, 11) is 0. The summed E-state index contributed by atoms with van der Waals surface area (Å²) in [6, 6.07) is 7.33. The number of anilines is 1. The monoisotopic (exact) mass is 398 g/mol. The van der Waals surface area contributed by atoms with E-state index in [9.17, 15) is 9.59 Å². The largest absolute Gasteiger partial charge is 0.492 e. The molecule has 152 valence electrons. The second-order valence-electron chi connectivity index (χ2n) is 6.55. The molecule has 1 aliphatic carbocycles. The molecule has 0 aliphatic heterocycles. The smallest absolute Gasteiger partial charge is 0.315 e. The molecule has 8 heteroatoms. The normalized spacial score (nSPS) is 14.0. The molecule has 0 spiro atoms. The number of halogens is 1. The number of nitrogens with two attached hydrogens (primary N) is 1. The summed E-state index contributed by atoms with van der Waals surface area (Å²) < 4.78 is 5.39. The molecule has 0 unspecified atom stereocenters. The van der Waals surface area contributed by atoms with Gasteiger partial charge in [0.25, 0.3) is 0 Å². The van der Waals surface area contributed by atoms with Crippen molar-refractivity contribution in [3.63, 3.8) is 0 Å². The van der Waals surface area contributed by atoms with Gasteiger partial charge in [-0.3, -0.25) is 4.79 Å². The van der Waals surface area contributed by atoms with Crippen LogP contribution in [0.1, 0.15) is 44.9 Å². The molecule has 0 radical (unpaired) electrons. The Balaban J connectivity index is 0.00000364. The van der Waals surface area contributed by atoms with Crippen LogP contribution in [0, 0.1) is 0 Å². The zero-order chi connectivity index (χ0) is 18.6. The van der Waals surface area contributed by atoms with Crippen LogP contribution < -0.4 is 26.4 Å². The van der Waals surface area contributed by atoms with Crippen LogP contribution in [0.5, 0.6) is 5.75 Å². The van der Waals surface area contributed by atoms with Gasteiger partial charge in [-0.05, 0) is 43.5 Å². The van der Waals surface area contributed by atoms with Crippen molar-refractivity contribution in [3.8, 4) is 5.75 Å². The zero-order valence-corrected chi connectivity index (χ0v) is 16.5. The third kappa shape index (κ3) is 9.49. The Morgan fingerprint density at radius 1 is 1.11 bits per heavy atom. The quantitative estimate of drug-likeness (QED) is 0.480. The van der Waals surface area contributed by atoms with Gasteiger partial charge in [-0.15, -0.1) is 12.4 Å². The van der Waals surface area contributed by atoms with Crippen LogP contribution in [0.15, 0.2) is 24.3 Å². The van der Waals surface area contributed by atoms with Crippen LogP contribution in [0.4, 0.5) is 10.5 Å². The van der Waals surface area contributed by atoms with Crippen molar-refractivity contribution < 1.29 is 14.3 Å². The van der Waals surface area contributed by atoms with Crippen LogP contribution in [0.3, 0.4) is 0 Å². The van der Waals surface area contributed by atoms with Gasteiger partial charge < -0.3 is 26.4 Å². The van der Waals surface area contributed by atoms with Crippen molar-refractivity contribution in [1.82, 2.24) is 10.6 Å². The molecule has 1 fully saturated rings. The number of rotatable bonds is 9. The zero-order valence-electron chi connectivity index (χ0n) is 15.7. The lowest BCUT2D eigenvalue weighted by Crippen LogP contribution is -2.43. The average Bonchev–Trinajstić information content (AvgIpc) is 2.65. The number of ether oxygens (including phenoxy) is 1. The minimum Gasteiger partial charge on any atom is -0.492 e. The number of amides is 3. The Bertz CT molecular complexity index is 563. The number of carbonyl (C=O) groups is 2. The first kappa shape index (κ1) is 23.0. The van der Waals surface area contributed by atoms with E-state index < -0.39 is 0 Å². The third-order valence-electron chi connectivity index (χ3n) is 4.33. The maximum atomic E-state index is 11.9. The molecule has 5 N–H and O–H groups in total. The van der Waals surface area contributed by atoms with E-state index in [1.165, 1.54) is 19.3 Å². The summed E-state index contributed by atoms with van der Waals surface area (Å²) in [5.74, 6) is 0.650. The van der Waals surface area contributed by atoms with Gasteiger partial charge in [0.2, 0.25) is 5.91 Å². The van der Waals surface area contributed by atoms with Gasteiger partial charge >= 0.3 is 6.03 Å². The number of urea groups is 1. The Morgan fingerprint density at radius 3 is 2.48 bits per heavy atom. The molecule has 7 nitrogen and oxygen atoms in total. The standard InChI is InChI=1S/C19H30N4O3.ClH/c20-12-14-26-17-10-8-16(9-11-17)22-18(24)7-4-13-21-19(25)23-15-5-2-1-3-6-15;/h8-11,15H,1-7,12-14,20H2,(H,22,24)(H2,21,23,25);1H. The number of carbonyl (C=O) groups excluding carboxylic acids is 2. The molecule has 0 aromatic heterocycles. The molecule has 3 amide bonds. The highest BCUT2D eigenvalue weighted by atomic mass is 35.5. The van der Waals surface area contributed by atoms with Crippen LogP contribution in [0.2, 0.25) is 0 Å². The van der Waals surface area contributed by atoms with Gasteiger partial charge in [0.1, 0.15) is 12.4 Å². The summed E-state index contributed by atoms with van der Waals surface area (Å²) in [6.07, 6.45) is 6.71. The van der Waals surface area contributed by atoms with E-state index in [1.54, 1.807) is 24.3 Å². The van der Waals surface area contributed by atoms with Crippen LogP contribution in [-0.2, 0) is 4.79 Å². The number of nitrogens with one attached hydrogen (secondary N) is 3. The molecule has 0 atom stereocenters. The van der Waals surface area contributed by atoms with E-state index in [0.717, 1.165) is 24.3 Å². The predicted molar refractivity (Wildman–Crippen MR) is 110 cm³/mol. The summed E-state index contributed by atoms with van der Waals surface area (Å²) >= 11 is 0. The van der Waals surface area contributed by atoms with E-state index in [0.29, 0.717) is 38.6 Å². The summed E-state index contributed by atoms with van der Waals surface area (Å²) in [5.41, 5.74) is 6.10. The molecule has 0 heterocycles. The first-order valence-corrected chi connectivity index (χ1v) is 9.44. The number of hydrogen-bond acceptors (Lipinski definition) is 4. The SMILES string of the molecule is Cl.NCCOc1ccc(NC(=O)CCCNC(=O)NC2CCCCC2)cc1. The van der Waals surface area contributed by atoms with Crippen LogP contribution in [-0.4, -0.2) is 37.7 Å². The van der Waals surface area contributed by atoms with E-state index in [4.69, 9.17) is 10.5 Å². The van der Waals surface area contributed by atoms with E-state index in [1.807, 2.05) is 0 Å². The van der Waals surface area contributed by atoms with Gasteiger partial charge in [0.15, 0.2) is 0 Å². The molecule has 27 heavy (non-hydrogen) atoms. The minimum absolute atomic E-state index is 0. The average molecular weight is 399 g/mol. The first-order chi connectivity index (χ1) is 12.7. The molecule has 0 saturated heterocycles. The maximum Gasteiger partial charge on any atom is 0.315 e. The van der Waals surface area contributed by atoms with E-state index in [2.05, 4.69) is 16.0 Å². The van der Waals surface area contributed by atoms with Crippen molar-refractivity contribution in [3.05, 3.63) is 24.3 Å². The Hall–Kier alpha value is -1.99. The Morgan fingerprint density at radius 2 is 1.81 bits per heavy atom. The molecule has 1 aromatic rings. The fourth-order valence-corrected chi connectivity index (χ4v) is 2.97.